The fraction of sp³-hybridized carbons (Fsp3) is 0.190. The molecule has 0 spiro atoms. The lowest BCUT2D eigenvalue weighted by Crippen LogP contribution is -2.36. The molecule has 3 rings (SSSR count). The van der Waals surface area contributed by atoms with E-state index in [1.165, 1.54) is 22.7 Å². The highest BCUT2D eigenvalue weighted by atomic mass is 32.2. The number of nitrogens with one attached hydrogen (secondary N) is 1. The molecule has 29 heavy (non-hydrogen) atoms. The molecule has 0 aliphatic rings. The van der Waals surface area contributed by atoms with Crippen LogP contribution in [0.5, 0.6) is 5.75 Å². The summed E-state index contributed by atoms with van der Waals surface area (Å²) in [6.07, 6.45) is 0. The third-order valence-corrected chi connectivity index (χ3v) is 7.38. The number of benzene rings is 2. The van der Waals surface area contributed by atoms with Gasteiger partial charge in [0.15, 0.2) is 0 Å². The summed E-state index contributed by atoms with van der Waals surface area (Å²) in [5.41, 5.74) is 0.928. The van der Waals surface area contributed by atoms with Gasteiger partial charge in [-0.1, -0.05) is 24.3 Å². The van der Waals surface area contributed by atoms with Crippen LogP contribution in [0.15, 0.2) is 76.3 Å². The number of amides is 1. The zero-order valence-electron chi connectivity index (χ0n) is 16.1. The smallest absolute Gasteiger partial charge is 0.273 e. The predicted molar refractivity (Wildman–Crippen MR) is 115 cm³/mol. The molecule has 8 heteroatoms. The maximum atomic E-state index is 12.6. The van der Waals surface area contributed by atoms with Crippen molar-refractivity contribution >= 4 is 33.0 Å². The minimum Gasteiger partial charge on any atom is -0.491 e. The molecule has 152 valence electrons. The number of rotatable bonds is 8. The molecular formula is C21H22N2O4S2. The first-order valence-corrected chi connectivity index (χ1v) is 11.3. The largest absolute Gasteiger partial charge is 0.491 e. The van der Waals surface area contributed by atoms with Crippen molar-refractivity contribution in [1.29, 1.82) is 0 Å². The van der Waals surface area contributed by atoms with Crippen molar-refractivity contribution in [2.24, 2.45) is 0 Å². The molecule has 0 aliphatic heterocycles. The molecule has 1 amide bonds. The Labute approximate surface area is 174 Å². The minimum absolute atomic E-state index is 0.190. The molecule has 0 saturated heterocycles. The molecule has 2 aromatic carbocycles. The van der Waals surface area contributed by atoms with E-state index >= 15 is 0 Å². The van der Waals surface area contributed by atoms with Gasteiger partial charge in [0.05, 0.1) is 11.7 Å². The number of para-hydroxylation sites is 1. The molecule has 1 aromatic heterocycles. The zero-order chi connectivity index (χ0) is 20.9. The van der Waals surface area contributed by atoms with Crippen LogP contribution in [0.2, 0.25) is 0 Å². The van der Waals surface area contributed by atoms with Gasteiger partial charge in [-0.3, -0.25) is 9.10 Å². The Morgan fingerprint density at radius 3 is 2.38 bits per heavy atom. The van der Waals surface area contributed by atoms with Gasteiger partial charge >= 0.3 is 0 Å². The first-order valence-electron chi connectivity index (χ1n) is 8.99. The van der Waals surface area contributed by atoms with Crippen molar-refractivity contribution in [3.63, 3.8) is 0 Å². The quantitative estimate of drug-likeness (QED) is 0.590. The summed E-state index contributed by atoms with van der Waals surface area (Å²) in [4.78, 5) is 12.4. The predicted octanol–water partition coefficient (Wildman–Crippen LogP) is 3.77. The highest BCUT2D eigenvalue weighted by Gasteiger charge is 2.22. The van der Waals surface area contributed by atoms with Crippen LogP contribution in [0.25, 0.3) is 0 Å². The number of anilines is 1. The third kappa shape index (κ3) is 5.16. The molecule has 1 unspecified atom stereocenters. The highest BCUT2D eigenvalue weighted by Crippen LogP contribution is 2.25. The lowest BCUT2D eigenvalue weighted by molar-refractivity contribution is 0.0926. The summed E-state index contributed by atoms with van der Waals surface area (Å²) in [6, 6.07) is 18.9. The fourth-order valence-electron chi connectivity index (χ4n) is 2.59. The van der Waals surface area contributed by atoms with Gasteiger partial charge in [-0.05, 0) is 54.8 Å². The van der Waals surface area contributed by atoms with E-state index in [2.05, 4.69) is 5.32 Å². The van der Waals surface area contributed by atoms with Crippen LogP contribution in [-0.2, 0) is 10.0 Å². The SMILES string of the molecule is CC(COc1ccccc1)NC(=O)c1ccc(N(C)S(=O)(=O)c2cccs2)cc1. The second-order valence-electron chi connectivity index (χ2n) is 6.45. The molecule has 0 saturated carbocycles. The monoisotopic (exact) mass is 430 g/mol. The zero-order valence-corrected chi connectivity index (χ0v) is 17.7. The van der Waals surface area contributed by atoms with Crippen molar-refractivity contribution in [2.45, 2.75) is 17.2 Å². The van der Waals surface area contributed by atoms with E-state index in [0.29, 0.717) is 17.9 Å². The van der Waals surface area contributed by atoms with Gasteiger partial charge in [-0.2, -0.15) is 0 Å². The topological polar surface area (TPSA) is 75.7 Å². The molecule has 0 aliphatic carbocycles. The summed E-state index contributed by atoms with van der Waals surface area (Å²) in [6.45, 7) is 2.20. The second kappa shape index (κ2) is 9.11. The van der Waals surface area contributed by atoms with Crippen molar-refractivity contribution in [3.05, 3.63) is 77.7 Å². The summed E-state index contributed by atoms with van der Waals surface area (Å²) in [7, 11) is -2.11. The third-order valence-electron chi connectivity index (χ3n) is 4.22. The number of hydrogen-bond acceptors (Lipinski definition) is 5. The van der Waals surface area contributed by atoms with Gasteiger partial charge in [0.25, 0.3) is 15.9 Å². The number of sulfonamides is 1. The minimum atomic E-state index is -3.60. The Kier molecular flexibility index (Phi) is 6.56. The Morgan fingerprint density at radius 2 is 1.76 bits per heavy atom. The van der Waals surface area contributed by atoms with Gasteiger partial charge < -0.3 is 10.1 Å². The van der Waals surface area contributed by atoms with E-state index in [0.717, 1.165) is 5.75 Å². The van der Waals surface area contributed by atoms with Gasteiger partial charge in [-0.15, -0.1) is 11.3 Å². The van der Waals surface area contributed by atoms with Crippen molar-refractivity contribution in [1.82, 2.24) is 5.32 Å². The van der Waals surface area contributed by atoms with Crippen LogP contribution < -0.4 is 14.4 Å². The Bertz CT molecular complexity index is 1030. The van der Waals surface area contributed by atoms with Crippen LogP contribution in [0.4, 0.5) is 5.69 Å². The van der Waals surface area contributed by atoms with E-state index in [1.807, 2.05) is 37.3 Å². The average Bonchev–Trinajstić information content (AvgIpc) is 3.28. The Hall–Kier alpha value is -2.84. The summed E-state index contributed by atoms with van der Waals surface area (Å²) in [5, 5.41) is 4.59. The van der Waals surface area contributed by atoms with Crippen molar-refractivity contribution in [2.75, 3.05) is 18.0 Å². The molecular weight excluding hydrogens is 408 g/mol. The second-order valence-corrected chi connectivity index (χ2v) is 9.59. The molecule has 3 aromatic rings. The van der Waals surface area contributed by atoms with Crippen LogP contribution in [0.1, 0.15) is 17.3 Å². The van der Waals surface area contributed by atoms with Crippen LogP contribution >= 0.6 is 11.3 Å². The summed E-state index contributed by atoms with van der Waals surface area (Å²) in [5.74, 6) is 0.498. The van der Waals surface area contributed by atoms with Crippen molar-refractivity contribution in [3.8, 4) is 5.75 Å². The maximum absolute atomic E-state index is 12.6. The fourth-order valence-corrected chi connectivity index (χ4v) is 4.95. The number of hydrogen-bond donors (Lipinski definition) is 1. The highest BCUT2D eigenvalue weighted by molar-refractivity contribution is 7.94. The molecule has 1 N–H and O–H groups in total. The number of carbonyl (C=O) groups is 1. The maximum Gasteiger partial charge on any atom is 0.273 e. The van der Waals surface area contributed by atoms with E-state index in [-0.39, 0.29) is 16.2 Å². The standard InChI is InChI=1S/C21H22N2O4S2/c1-16(15-27-19-7-4-3-5-8-19)22-21(24)17-10-12-18(13-11-17)23(2)29(25,26)20-9-6-14-28-20/h3-14,16H,15H2,1-2H3,(H,22,24). The van der Waals surface area contributed by atoms with Gasteiger partial charge in [0, 0.05) is 12.6 Å². The normalized spacial score (nSPS) is 12.2. The molecule has 6 nitrogen and oxygen atoms in total. The number of ether oxygens (including phenoxy) is 1. The van der Waals surface area contributed by atoms with Crippen LogP contribution in [-0.4, -0.2) is 34.0 Å². The van der Waals surface area contributed by atoms with Gasteiger partial charge in [0.2, 0.25) is 0 Å². The first kappa shape index (κ1) is 20.9. The molecule has 0 bridgehead atoms. The van der Waals surface area contributed by atoms with Crippen LogP contribution in [0, 0.1) is 0 Å². The number of nitrogens with zero attached hydrogens (tertiary/aromatic N) is 1. The first-order chi connectivity index (χ1) is 13.9. The van der Waals surface area contributed by atoms with E-state index in [9.17, 15) is 13.2 Å². The molecule has 1 heterocycles. The van der Waals surface area contributed by atoms with Crippen molar-refractivity contribution < 1.29 is 17.9 Å². The number of thiophene rings is 1. The lowest BCUT2D eigenvalue weighted by atomic mass is 10.2. The van der Waals surface area contributed by atoms with E-state index in [4.69, 9.17) is 4.74 Å². The Balaban J connectivity index is 1.60. The van der Waals surface area contributed by atoms with E-state index in [1.54, 1.807) is 41.8 Å². The molecule has 0 radical (unpaired) electrons. The summed E-state index contributed by atoms with van der Waals surface area (Å²) < 4.78 is 32.3. The van der Waals surface area contributed by atoms with E-state index < -0.39 is 10.0 Å². The van der Waals surface area contributed by atoms with Gasteiger partial charge in [0.1, 0.15) is 16.6 Å². The molecule has 1 atom stereocenters. The summed E-state index contributed by atoms with van der Waals surface area (Å²) >= 11 is 1.17. The molecule has 0 fully saturated rings. The Morgan fingerprint density at radius 1 is 1.07 bits per heavy atom. The van der Waals surface area contributed by atoms with Crippen LogP contribution in [0.3, 0.4) is 0 Å². The lowest BCUT2D eigenvalue weighted by Gasteiger charge is -2.19. The number of carbonyl (C=O) groups excluding carboxylic acids is 1. The average molecular weight is 431 g/mol. The van der Waals surface area contributed by atoms with Gasteiger partial charge in [-0.25, -0.2) is 8.42 Å².